The average molecular weight is 301 g/mol. The second-order valence-corrected chi connectivity index (χ2v) is 7.62. The molecular weight excluding hydrogens is 274 g/mol. The van der Waals surface area contributed by atoms with Crippen molar-refractivity contribution < 1.29 is 14.6 Å². The molecule has 20 heavy (non-hydrogen) atoms. The van der Waals surface area contributed by atoms with Gasteiger partial charge in [-0.2, -0.15) is 11.8 Å². The predicted octanol–water partition coefficient (Wildman–Crippen LogP) is 2.66. The van der Waals surface area contributed by atoms with Gasteiger partial charge in [0.15, 0.2) is 0 Å². The van der Waals surface area contributed by atoms with E-state index in [2.05, 4.69) is 19.2 Å². The first-order valence-corrected chi connectivity index (χ1v) is 8.77. The topological polar surface area (TPSA) is 58.6 Å². The zero-order valence-electron chi connectivity index (χ0n) is 12.6. The minimum absolute atomic E-state index is 0.310. The van der Waals surface area contributed by atoms with Gasteiger partial charge in [-0.05, 0) is 52.0 Å². The molecule has 2 N–H and O–H groups in total. The minimum Gasteiger partial charge on any atom is -0.480 e. The van der Waals surface area contributed by atoms with Gasteiger partial charge in [0.2, 0.25) is 0 Å². The molecule has 1 heterocycles. The van der Waals surface area contributed by atoms with E-state index in [1.807, 2.05) is 11.8 Å². The number of thioether (sulfide) groups is 1. The van der Waals surface area contributed by atoms with E-state index < -0.39 is 11.5 Å². The van der Waals surface area contributed by atoms with E-state index in [9.17, 15) is 9.90 Å². The molecule has 5 heteroatoms. The third kappa shape index (κ3) is 3.68. The Balaban J connectivity index is 1.96. The number of rotatable bonds is 6. The third-order valence-electron chi connectivity index (χ3n) is 4.50. The molecule has 0 aromatic heterocycles. The van der Waals surface area contributed by atoms with Crippen molar-refractivity contribution in [1.29, 1.82) is 0 Å². The summed E-state index contributed by atoms with van der Waals surface area (Å²) in [5.74, 6) is -0.674. The Labute approximate surface area is 126 Å². The Bertz CT molecular complexity index is 339. The monoisotopic (exact) mass is 301 g/mol. The van der Waals surface area contributed by atoms with E-state index in [0.717, 1.165) is 51.7 Å². The van der Waals surface area contributed by atoms with Crippen LogP contribution < -0.4 is 5.32 Å². The van der Waals surface area contributed by atoms with E-state index in [0.29, 0.717) is 16.6 Å². The van der Waals surface area contributed by atoms with Crippen LogP contribution in [0.25, 0.3) is 0 Å². The molecule has 2 rings (SSSR count). The molecule has 0 radical (unpaired) electrons. The van der Waals surface area contributed by atoms with Crippen LogP contribution in [0, 0.1) is 0 Å². The Kier molecular flexibility index (Phi) is 5.75. The number of hydrogen-bond acceptors (Lipinski definition) is 4. The summed E-state index contributed by atoms with van der Waals surface area (Å²) in [5.41, 5.74) is -0.700. The highest BCUT2D eigenvalue weighted by Gasteiger charge is 2.43. The number of nitrogens with one attached hydrogen (secondary N) is 1. The maximum absolute atomic E-state index is 11.7. The molecule has 1 saturated heterocycles. The van der Waals surface area contributed by atoms with Crippen molar-refractivity contribution in [2.24, 2.45) is 0 Å². The van der Waals surface area contributed by atoms with Crippen molar-refractivity contribution >= 4 is 17.7 Å². The van der Waals surface area contributed by atoms with Crippen molar-refractivity contribution in [3.63, 3.8) is 0 Å². The van der Waals surface area contributed by atoms with E-state index >= 15 is 0 Å². The van der Waals surface area contributed by atoms with Crippen LogP contribution in [0.15, 0.2) is 0 Å². The largest absolute Gasteiger partial charge is 0.480 e. The van der Waals surface area contributed by atoms with Gasteiger partial charge < -0.3 is 15.2 Å². The van der Waals surface area contributed by atoms with Crippen molar-refractivity contribution in [3.8, 4) is 0 Å². The molecule has 0 aromatic carbocycles. The first-order chi connectivity index (χ1) is 9.57. The maximum atomic E-state index is 11.7. The molecule has 4 unspecified atom stereocenters. The number of ether oxygens (including phenoxy) is 1. The van der Waals surface area contributed by atoms with Gasteiger partial charge >= 0.3 is 5.97 Å². The first kappa shape index (κ1) is 16.1. The second kappa shape index (κ2) is 7.14. The Morgan fingerprint density at radius 1 is 1.50 bits per heavy atom. The lowest BCUT2D eigenvalue weighted by molar-refractivity contribution is -0.146. The molecule has 1 aliphatic carbocycles. The fraction of sp³-hybridized carbons (Fsp3) is 0.933. The summed E-state index contributed by atoms with van der Waals surface area (Å²) in [6.45, 7) is 5.85. The molecule has 0 spiro atoms. The van der Waals surface area contributed by atoms with Crippen LogP contribution in [0.3, 0.4) is 0 Å². The van der Waals surface area contributed by atoms with Crippen LogP contribution >= 0.6 is 11.8 Å². The molecule has 1 aliphatic heterocycles. The summed E-state index contributed by atoms with van der Waals surface area (Å²) in [7, 11) is 0. The summed E-state index contributed by atoms with van der Waals surface area (Å²) in [4.78, 5) is 11.7. The fourth-order valence-electron chi connectivity index (χ4n) is 3.27. The van der Waals surface area contributed by atoms with Gasteiger partial charge in [-0.15, -0.1) is 0 Å². The van der Waals surface area contributed by atoms with Gasteiger partial charge in [-0.25, -0.2) is 0 Å². The molecule has 116 valence electrons. The molecule has 2 fully saturated rings. The summed E-state index contributed by atoms with van der Waals surface area (Å²) < 4.78 is 5.62. The highest BCUT2D eigenvalue weighted by molar-refractivity contribution is 8.00. The number of aliphatic carboxylic acids is 1. The lowest BCUT2D eigenvalue weighted by atomic mass is 9.81. The average Bonchev–Trinajstić information content (AvgIpc) is 2.82. The van der Waals surface area contributed by atoms with Crippen molar-refractivity contribution in [2.75, 3.05) is 13.2 Å². The van der Waals surface area contributed by atoms with Crippen LogP contribution in [0.4, 0.5) is 0 Å². The van der Waals surface area contributed by atoms with Gasteiger partial charge in [0.25, 0.3) is 0 Å². The first-order valence-electron chi connectivity index (χ1n) is 7.83. The van der Waals surface area contributed by atoms with Crippen molar-refractivity contribution in [1.82, 2.24) is 5.32 Å². The van der Waals surface area contributed by atoms with Crippen LogP contribution in [0.1, 0.15) is 52.4 Å². The number of carboxylic acids is 1. The fourth-order valence-corrected chi connectivity index (χ4v) is 4.98. The smallest absolute Gasteiger partial charge is 0.323 e. The van der Waals surface area contributed by atoms with E-state index in [4.69, 9.17) is 4.74 Å². The molecule has 1 saturated carbocycles. The number of carbonyl (C=O) groups is 1. The van der Waals surface area contributed by atoms with Crippen LogP contribution in [-0.4, -0.2) is 46.4 Å². The SMILES string of the molecule is CCCNC1(C(=O)O)CCCC(SC2CCOC2C)C1. The highest BCUT2D eigenvalue weighted by Crippen LogP contribution is 2.40. The zero-order valence-corrected chi connectivity index (χ0v) is 13.4. The highest BCUT2D eigenvalue weighted by atomic mass is 32.2. The maximum Gasteiger partial charge on any atom is 0.323 e. The van der Waals surface area contributed by atoms with Crippen LogP contribution in [0.5, 0.6) is 0 Å². The lowest BCUT2D eigenvalue weighted by Gasteiger charge is -2.39. The minimum atomic E-state index is -0.700. The molecule has 2 aliphatic rings. The molecular formula is C15H27NO3S. The van der Waals surface area contributed by atoms with Gasteiger partial charge in [-0.3, -0.25) is 4.79 Å². The van der Waals surface area contributed by atoms with Crippen molar-refractivity contribution in [2.45, 2.75) is 74.5 Å². The van der Waals surface area contributed by atoms with Gasteiger partial charge in [0, 0.05) is 17.1 Å². The predicted molar refractivity (Wildman–Crippen MR) is 82.3 cm³/mol. The quantitative estimate of drug-likeness (QED) is 0.790. The summed E-state index contributed by atoms with van der Waals surface area (Å²) in [5, 5.41) is 13.9. The summed E-state index contributed by atoms with van der Waals surface area (Å²) in [6.07, 6.45) is 6.03. The van der Waals surface area contributed by atoms with Crippen LogP contribution in [0.2, 0.25) is 0 Å². The standard InChI is InChI=1S/C15H27NO3S/c1-3-8-16-15(14(17)18)7-4-5-12(10-15)20-13-6-9-19-11(13)2/h11-13,16H,3-10H2,1-2H3,(H,17,18). The second-order valence-electron chi connectivity index (χ2n) is 6.07. The summed E-state index contributed by atoms with van der Waals surface area (Å²) >= 11 is 1.96. The van der Waals surface area contributed by atoms with E-state index in [1.54, 1.807) is 0 Å². The lowest BCUT2D eigenvalue weighted by Crippen LogP contribution is -2.55. The summed E-state index contributed by atoms with van der Waals surface area (Å²) in [6, 6.07) is 0. The Hall–Kier alpha value is -0.260. The van der Waals surface area contributed by atoms with E-state index in [-0.39, 0.29) is 0 Å². The Morgan fingerprint density at radius 2 is 2.30 bits per heavy atom. The number of hydrogen-bond donors (Lipinski definition) is 2. The van der Waals surface area contributed by atoms with Crippen molar-refractivity contribution in [3.05, 3.63) is 0 Å². The van der Waals surface area contributed by atoms with Gasteiger partial charge in [0.05, 0.1) is 6.10 Å². The molecule has 4 atom stereocenters. The molecule has 0 amide bonds. The van der Waals surface area contributed by atoms with Crippen LogP contribution in [-0.2, 0) is 9.53 Å². The number of carboxylic acid groups (broad SMARTS) is 1. The zero-order chi connectivity index (χ0) is 14.6. The third-order valence-corrected chi connectivity index (χ3v) is 6.26. The molecule has 0 bridgehead atoms. The van der Waals surface area contributed by atoms with Gasteiger partial charge in [0.1, 0.15) is 5.54 Å². The van der Waals surface area contributed by atoms with Gasteiger partial charge in [-0.1, -0.05) is 6.92 Å². The van der Waals surface area contributed by atoms with E-state index in [1.165, 1.54) is 0 Å². The normalized spacial score (nSPS) is 38.0. The molecule has 4 nitrogen and oxygen atoms in total. The Morgan fingerprint density at radius 3 is 2.90 bits per heavy atom. The molecule has 0 aromatic rings.